The maximum atomic E-state index is 13.4. The third-order valence-electron chi connectivity index (χ3n) is 6.81. The van der Waals surface area contributed by atoms with Crippen molar-refractivity contribution in [2.45, 2.75) is 85.0 Å². The van der Waals surface area contributed by atoms with Crippen LogP contribution in [0.1, 0.15) is 63.4 Å². The van der Waals surface area contributed by atoms with Crippen molar-refractivity contribution in [2.24, 2.45) is 0 Å². The monoisotopic (exact) mass is 522 g/mol. The van der Waals surface area contributed by atoms with Crippen LogP contribution in [-0.4, -0.2) is 36.0 Å². The summed E-state index contributed by atoms with van der Waals surface area (Å²) in [6, 6.07) is 19.5. The van der Waals surface area contributed by atoms with Crippen molar-refractivity contribution in [3.8, 4) is 11.3 Å². The van der Waals surface area contributed by atoms with Gasteiger partial charge >= 0.3 is 5.97 Å². The summed E-state index contributed by atoms with van der Waals surface area (Å²) >= 11 is 0. The predicted molar refractivity (Wildman–Crippen MR) is 151 cm³/mol. The van der Waals surface area contributed by atoms with E-state index < -0.39 is 19.9 Å². The number of imidazole rings is 1. The number of benzene rings is 2. The molecular weight excluding hydrogens is 480 g/mol. The largest absolute Gasteiger partial charge is 0.456 e. The Bertz CT molecular complexity index is 1170. The van der Waals surface area contributed by atoms with Gasteiger partial charge in [0.05, 0.1) is 17.8 Å². The van der Waals surface area contributed by atoms with Gasteiger partial charge in [0.1, 0.15) is 19.0 Å². The topological polar surface area (TPSA) is 62.6 Å². The Morgan fingerprint density at radius 2 is 1.51 bits per heavy atom. The van der Waals surface area contributed by atoms with Crippen LogP contribution in [-0.2, 0) is 33.7 Å². The van der Waals surface area contributed by atoms with Gasteiger partial charge in [0.2, 0.25) is 0 Å². The van der Waals surface area contributed by atoms with Crippen LogP contribution in [0.4, 0.5) is 0 Å². The molecule has 1 heterocycles. The first kappa shape index (κ1) is 28.8. The Balaban J connectivity index is 2.05. The Hall–Kier alpha value is -2.74. The lowest BCUT2D eigenvalue weighted by Gasteiger charge is -2.43. The molecule has 0 bridgehead atoms. The molecule has 0 atom stereocenters. The summed E-state index contributed by atoms with van der Waals surface area (Å²) in [7, 11) is -2.06. The van der Waals surface area contributed by atoms with Crippen LogP contribution >= 0.6 is 0 Å². The lowest BCUT2D eigenvalue weighted by molar-refractivity contribution is 0.0466. The van der Waals surface area contributed by atoms with E-state index in [1.54, 1.807) is 0 Å². The van der Waals surface area contributed by atoms with Crippen molar-refractivity contribution in [3.05, 3.63) is 77.7 Å². The van der Waals surface area contributed by atoms with Crippen LogP contribution in [0.3, 0.4) is 0 Å². The van der Waals surface area contributed by atoms with Gasteiger partial charge < -0.3 is 18.5 Å². The quantitative estimate of drug-likeness (QED) is 0.196. The minimum absolute atomic E-state index is 0.0715. The van der Waals surface area contributed by atoms with Crippen molar-refractivity contribution in [1.82, 2.24) is 9.55 Å². The van der Waals surface area contributed by atoms with Crippen LogP contribution in [0.2, 0.25) is 18.1 Å². The van der Waals surface area contributed by atoms with Gasteiger partial charge in [-0.1, -0.05) is 81.4 Å². The van der Waals surface area contributed by atoms with Crippen LogP contribution in [0.25, 0.3) is 11.3 Å². The molecule has 0 saturated carbocycles. The van der Waals surface area contributed by atoms with E-state index in [1.807, 2.05) is 67.6 Å². The van der Waals surface area contributed by atoms with Gasteiger partial charge in [0, 0.05) is 12.2 Å². The molecule has 0 saturated heterocycles. The highest BCUT2D eigenvalue weighted by atomic mass is 28.4. The fourth-order valence-corrected chi connectivity index (χ4v) is 5.80. The minimum Gasteiger partial charge on any atom is -0.456 e. The molecule has 0 amide bonds. The van der Waals surface area contributed by atoms with Crippen molar-refractivity contribution >= 4 is 14.3 Å². The summed E-state index contributed by atoms with van der Waals surface area (Å²) < 4.78 is 20.4. The average Bonchev–Trinajstić information content (AvgIpc) is 3.18. The van der Waals surface area contributed by atoms with E-state index >= 15 is 0 Å². The SMILES string of the molecule is CCOCc1nc(C(=O)OCc2ccccc2)c(-c2ccccc2)n1CC(C)(C)O[Si](C)(C)C(C)(C)C. The highest BCUT2D eigenvalue weighted by Crippen LogP contribution is 2.40. The van der Waals surface area contributed by atoms with Gasteiger partial charge in [0.25, 0.3) is 0 Å². The van der Waals surface area contributed by atoms with Crippen LogP contribution < -0.4 is 0 Å². The fraction of sp³-hybridized carbons (Fsp3) is 0.467. The minimum atomic E-state index is -2.06. The van der Waals surface area contributed by atoms with Crippen LogP contribution in [0.15, 0.2) is 60.7 Å². The van der Waals surface area contributed by atoms with Gasteiger partial charge in [-0.05, 0) is 44.5 Å². The highest BCUT2D eigenvalue weighted by Gasteiger charge is 2.42. The second kappa shape index (κ2) is 11.8. The molecule has 3 aromatic rings. The van der Waals surface area contributed by atoms with Gasteiger partial charge in [0.15, 0.2) is 14.0 Å². The summed E-state index contributed by atoms with van der Waals surface area (Å²) in [4.78, 5) is 18.2. The summed E-state index contributed by atoms with van der Waals surface area (Å²) in [5.74, 6) is 0.224. The zero-order chi connectivity index (χ0) is 27.3. The lowest BCUT2D eigenvalue weighted by Crippen LogP contribution is -2.49. The highest BCUT2D eigenvalue weighted by molar-refractivity contribution is 6.74. The number of esters is 1. The maximum Gasteiger partial charge on any atom is 0.359 e. The van der Waals surface area contributed by atoms with E-state index in [-0.39, 0.29) is 11.6 Å². The zero-order valence-corrected chi connectivity index (χ0v) is 24.6. The molecule has 1 aromatic heterocycles. The number of carbonyl (C=O) groups excluding carboxylic acids is 1. The molecule has 0 fully saturated rings. The first-order valence-electron chi connectivity index (χ1n) is 13.0. The summed E-state index contributed by atoms with van der Waals surface area (Å²) in [5.41, 5.74) is 2.34. The molecule has 0 unspecified atom stereocenters. The number of rotatable bonds is 11. The molecule has 0 aliphatic carbocycles. The first-order valence-corrected chi connectivity index (χ1v) is 15.9. The molecule has 7 heteroatoms. The molecule has 0 aliphatic rings. The summed E-state index contributed by atoms with van der Waals surface area (Å²) in [6.45, 7) is 18.9. The number of hydrogen-bond donors (Lipinski definition) is 0. The Morgan fingerprint density at radius 3 is 2.08 bits per heavy atom. The van der Waals surface area contributed by atoms with Gasteiger partial charge in [-0.2, -0.15) is 0 Å². The molecule has 6 nitrogen and oxygen atoms in total. The molecule has 0 spiro atoms. The van der Waals surface area contributed by atoms with Gasteiger partial charge in [-0.15, -0.1) is 0 Å². The molecule has 2 aromatic carbocycles. The maximum absolute atomic E-state index is 13.4. The molecule has 3 rings (SSSR count). The second-order valence-corrected chi connectivity index (χ2v) is 16.2. The number of hydrogen-bond acceptors (Lipinski definition) is 5. The number of nitrogens with zero attached hydrogens (tertiary/aromatic N) is 2. The van der Waals surface area contributed by atoms with Crippen molar-refractivity contribution < 1.29 is 18.7 Å². The zero-order valence-electron chi connectivity index (χ0n) is 23.6. The Labute approximate surface area is 223 Å². The van der Waals surface area contributed by atoms with Gasteiger partial charge in [-0.3, -0.25) is 0 Å². The van der Waals surface area contributed by atoms with Crippen molar-refractivity contribution in [1.29, 1.82) is 0 Å². The smallest absolute Gasteiger partial charge is 0.359 e. The average molecular weight is 523 g/mol. The van der Waals surface area contributed by atoms with E-state index in [0.29, 0.717) is 31.3 Å². The molecular formula is C30H42N2O4Si. The molecule has 0 aliphatic heterocycles. The summed E-state index contributed by atoms with van der Waals surface area (Å²) in [6.07, 6.45) is 0. The van der Waals surface area contributed by atoms with Gasteiger partial charge in [-0.25, -0.2) is 9.78 Å². The molecule has 37 heavy (non-hydrogen) atoms. The third kappa shape index (κ3) is 7.40. The van der Waals surface area contributed by atoms with E-state index in [0.717, 1.165) is 16.8 Å². The van der Waals surface area contributed by atoms with Crippen LogP contribution in [0, 0.1) is 0 Å². The molecule has 200 valence electrons. The van der Waals surface area contributed by atoms with Crippen molar-refractivity contribution in [3.63, 3.8) is 0 Å². The van der Waals surface area contributed by atoms with E-state index in [4.69, 9.17) is 18.9 Å². The predicted octanol–water partition coefficient (Wildman–Crippen LogP) is 7.24. The standard InChI is InChI=1S/C30H42N2O4Si/c1-9-34-21-25-31-26(28(33)35-20-23-16-12-10-13-17-23)27(24-18-14-11-15-19-24)32(25)22-30(5,6)36-37(7,8)29(2,3)4/h10-19H,9,20-22H2,1-8H3. The number of aromatic nitrogens is 2. The fourth-order valence-electron chi connectivity index (χ4n) is 4.05. The van der Waals surface area contributed by atoms with E-state index in [9.17, 15) is 4.79 Å². The first-order chi connectivity index (χ1) is 17.3. The normalized spacial score (nSPS) is 12.5. The summed E-state index contributed by atoms with van der Waals surface area (Å²) in [5, 5.41) is 0.0715. The van der Waals surface area contributed by atoms with E-state index in [2.05, 4.69) is 52.3 Å². The molecule has 0 N–H and O–H groups in total. The number of carbonyl (C=O) groups is 1. The Morgan fingerprint density at radius 1 is 0.919 bits per heavy atom. The second-order valence-electron chi connectivity index (χ2n) is 11.5. The third-order valence-corrected chi connectivity index (χ3v) is 11.5. The lowest BCUT2D eigenvalue weighted by atomic mass is 10.1. The van der Waals surface area contributed by atoms with E-state index in [1.165, 1.54) is 0 Å². The van der Waals surface area contributed by atoms with Crippen LogP contribution in [0.5, 0.6) is 0 Å². The van der Waals surface area contributed by atoms with Crippen molar-refractivity contribution in [2.75, 3.05) is 6.61 Å². The molecule has 0 radical (unpaired) electrons. The number of ether oxygens (including phenoxy) is 2. The Kier molecular flexibility index (Phi) is 9.16.